The molecule has 156 valence electrons. The zero-order valence-corrected chi connectivity index (χ0v) is 17.8. The maximum Gasteiger partial charge on any atom is 0.238 e. The minimum atomic E-state index is -0.148. The molecule has 0 unspecified atom stereocenters. The molecule has 0 bridgehead atoms. The van der Waals surface area contributed by atoms with Gasteiger partial charge in [0, 0.05) is 38.4 Å². The van der Waals surface area contributed by atoms with Crippen molar-refractivity contribution in [2.75, 3.05) is 38.0 Å². The monoisotopic (exact) mass is 437 g/mol. The summed E-state index contributed by atoms with van der Waals surface area (Å²) in [4.78, 5) is 16.6. The number of anilines is 1. The molecule has 29 heavy (non-hydrogen) atoms. The molecule has 1 amide bonds. The number of hydrogen-bond donors (Lipinski definition) is 3. The number of halogens is 2. The van der Waals surface area contributed by atoms with Crippen LogP contribution in [0.15, 0.2) is 30.3 Å². The summed E-state index contributed by atoms with van der Waals surface area (Å²) in [5.41, 5.74) is 2.30. The molecule has 1 fully saturated rings. The quantitative estimate of drug-likeness (QED) is 0.641. The minimum Gasteiger partial charge on any atom is -0.506 e. The predicted molar refractivity (Wildman–Crippen MR) is 116 cm³/mol. The van der Waals surface area contributed by atoms with Gasteiger partial charge >= 0.3 is 0 Å². The standard InChI is InChI=1S/C21H25Cl2N3O3/c1-2-14-5-3-4-6-18(14)24-19(27)13-26-9-7-25(8-10-26)12-15-20(28)16(22)11-17(23)21(15)29/h3-6,11,28-29H,2,7-10,12-13H2,1H3,(H,24,27). The summed E-state index contributed by atoms with van der Waals surface area (Å²) in [6.07, 6.45) is 0.863. The van der Waals surface area contributed by atoms with Crippen molar-refractivity contribution in [3.8, 4) is 11.5 Å². The number of aromatic hydroxyl groups is 2. The number of nitrogens with zero attached hydrogens (tertiary/aromatic N) is 2. The van der Waals surface area contributed by atoms with Crippen molar-refractivity contribution in [2.45, 2.75) is 19.9 Å². The van der Waals surface area contributed by atoms with Crippen LogP contribution >= 0.6 is 23.2 Å². The van der Waals surface area contributed by atoms with E-state index in [1.54, 1.807) is 0 Å². The number of carbonyl (C=O) groups excluding carboxylic acids is 1. The lowest BCUT2D eigenvalue weighted by atomic mass is 10.1. The van der Waals surface area contributed by atoms with Gasteiger partial charge in [0.15, 0.2) is 0 Å². The van der Waals surface area contributed by atoms with Gasteiger partial charge in [0.25, 0.3) is 0 Å². The predicted octanol–water partition coefficient (Wildman–Crippen LogP) is 3.72. The van der Waals surface area contributed by atoms with E-state index in [9.17, 15) is 15.0 Å². The fourth-order valence-electron chi connectivity index (χ4n) is 3.47. The number of piperazine rings is 1. The molecule has 0 spiro atoms. The Balaban J connectivity index is 1.53. The molecule has 0 aromatic heterocycles. The molecule has 3 N–H and O–H groups in total. The van der Waals surface area contributed by atoms with Gasteiger partial charge in [-0.05, 0) is 24.1 Å². The van der Waals surface area contributed by atoms with E-state index in [4.69, 9.17) is 23.2 Å². The number of para-hydroxylation sites is 1. The van der Waals surface area contributed by atoms with E-state index in [0.29, 0.717) is 44.8 Å². The first-order valence-corrected chi connectivity index (χ1v) is 10.4. The molecule has 2 aromatic carbocycles. The minimum absolute atomic E-state index is 0.0312. The van der Waals surface area contributed by atoms with Crippen LogP contribution in [0.4, 0.5) is 5.69 Å². The number of nitrogens with one attached hydrogen (secondary N) is 1. The van der Waals surface area contributed by atoms with E-state index in [-0.39, 0.29) is 27.5 Å². The highest BCUT2D eigenvalue weighted by molar-refractivity contribution is 6.36. The van der Waals surface area contributed by atoms with E-state index in [1.165, 1.54) is 6.07 Å². The van der Waals surface area contributed by atoms with Crippen LogP contribution in [-0.4, -0.2) is 58.6 Å². The molecule has 8 heteroatoms. The van der Waals surface area contributed by atoms with E-state index in [0.717, 1.165) is 17.7 Å². The summed E-state index contributed by atoms with van der Waals surface area (Å²) >= 11 is 11.9. The molecular weight excluding hydrogens is 413 g/mol. The number of benzene rings is 2. The number of phenolic OH excluding ortho intramolecular Hbond substituents is 2. The van der Waals surface area contributed by atoms with Crippen molar-refractivity contribution in [3.63, 3.8) is 0 Å². The molecule has 3 rings (SSSR count). The first-order chi connectivity index (χ1) is 13.9. The first kappa shape index (κ1) is 21.7. The fraction of sp³-hybridized carbons (Fsp3) is 0.381. The molecule has 0 radical (unpaired) electrons. The Bertz CT molecular complexity index is 857. The lowest BCUT2D eigenvalue weighted by Crippen LogP contribution is -2.48. The van der Waals surface area contributed by atoms with Crippen LogP contribution in [0.1, 0.15) is 18.1 Å². The Labute approximate surface area is 180 Å². The smallest absolute Gasteiger partial charge is 0.238 e. The first-order valence-electron chi connectivity index (χ1n) is 9.60. The van der Waals surface area contributed by atoms with E-state index >= 15 is 0 Å². The zero-order valence-electron chi connectivity index (χ0n) is 16.3. The van der Waals surface area contributed by atoms with Crippen LogP contribution in [0.5, 0.6) is 11.5 Å². The van der Waals surface area contributed by atoms with Crippen molar-refractivity contribution < 1.29 is 15.0 Å². The summed E-state index contributed by atoms with van der Waals surface area (Å²) in [6, 6.07) is 9.15. The molecule has 0 atom stereocenters. The number of aryl methyl sites for hydroxylation is 1. The topological polar surface area (TPSA) is 76.0 Å². The zero-order chi connectivity index (χ0) is 21.0. The summed E-state index contributed by atoms with van der Waals surface area (Å²) < 4.78 is 0. The third-order valence-electron chi connectivity index (χ3n) is 5.16. The van der Waals surface area contributed by atoms with Crippen LogP contribution in [0.2, 0.25) is 10.0 Å². The average molecular weight is 438 g/mol. The SMILES string of the molecule is CCc1ccccc1NC(=O)CN1CCN(Cc2c(O)c(Cl)cc(Cl)c2O)CC1. The maximum atomic E-state index is 12.4. The highest BCUT2D eigenvalue weighted by Crippen LogP contribution is 2.40. The van der Waals surface area contributed by atoms with Gasteiger partial charge < -0.3 is 15.5 Å². The van der Waals surface area contributed by atoms with Gasteiger partial charge in [0.05, 0.1) is 22.2 Å². The third kappa shape index (κ3) is 5.34. The number of phenols is 2. The van der Waals surface area contributed by atoms with Crippen molar-refractivity contribution in [2.24, 2.45) is 0 Å². The average Bonchev–Trinajstić information content (AvgIpc) is 2.71. The van der Waals surface area contributed by atoms with Crippen LogP contribution in [-0.2, 0) is 17.8 Å². The summed E-state index contributed by atoms with van der Waals surface area (Å²) in [6.45, 7) is 5.53. The van der Waals surface area contributed by atoms with Crippen molar-refractivity contribution in [1.29, 1.82) is 0 Å². The third-order valence-corrected chi connectivity index (χ3v) is 5.74. The van der Waals surface area contributed by atoms with Crippen molar-refractivity contribution >= 4 is 34.8 Å². The molecule has 6 nitrogen and oxygen atoms in total. The van der Waals surface area contributed by atoms with Gasteiger partial charge in [0.1, 0.15) is 11.5 Å². The fourth-order valence-corrected chi connectivity index (χ4v) is 3.97. The molecule has 1 saturated heterocycles. The van der Waals surface area contributed by atoms with Crippen LogP contribution in [0, 0.1) is 0 Å². The Morgan fingerprint density at radius 1 is 1.03 bits per heavy atom. The van der Waals surface area contributed by atoms with Crippen LogP contribution in [0.25, 0.3) is 0 Å². The lowest BCUT2D eigenvalue weighted by molar-refractivity contribution is -0.117. The summed E-state index contributed by atoms with van der Waals surface area (Å²) in [7, 11) is 0. The number of carbonyl (C=O) groups is 1. The van der Waals surface area contributed by atoms with Gasteiger partial charge in [0.2, 0.25) is 5.91 Å². The highest BCUT2D eigenvalue weighted by Gasteiger charge is 2.23. The molecule has 0 aliphatic carbocycles. The molecule has 2 aromatic rings. The van der Waals surface area contributed by atoms with Crippen molar-refractivity contribution in [3.05, 3.63) is 51.5 Å². The normalized spacial score (nSPS) is 15.4. The van der Waals surface area contributed by atoms with E-state index in [1.807, 2.05) is 24.3 Å². The van der Waals surface area contributed by atoms with E-state index in [2.05, 4.69) is 22.0 Å². The van der Waals surface area contributed by atoms with Gasteiger partial charge in [-0.15, -0.1) is 0 Å². The summed E-state index contributed by atoms with van der Waals surface area (Å²) in [5, 5.41) is 23.5. The summed E-state index contributed by atoms with van der Waals surface area (Å²) in [5.74, 6) is -0.328. The number of rotatable bonds is 6. The molecule has 1 aliphatic rings. The van der Waals surface area contributed by atoms with Gasteiger partial charge in [-0.2, -0.15) is 0 Å². The molecule has 1 aliphatic heterocycles. The maximum absolute atomic E-state index is 12.4. The largest absolute Gasteiger partial charge is 0.506 e. The van der Waals surface area contributed by atoms with Gasteiger partial charge in [-0.1, -0.05) is 48.3 Å². The Kier molecular flexibility index (Phi) is 7.24. The second-order valence-corrected chi connectivity index (χ2v) is 7.94. The molecule has 0 saturated carbocycles. The van der Waals surface area contributed by atoms with Gasteiger partial charge in [-0.3, -0.25) is 14.6 Å². The van der Waals surface area contributed by atoms with Crippen molar-refractivity contribution in [1.82, 2.24) is 9.80 Å². The Morgan fingerprint density at radius 3 is 2.24 bits per heavy atom. The Morgan fingerprint density at radius 2 is 1.62 bits per heavy atom. The van der Waals surface area contributed by atoms with Gasteiger partial charge in [-0.25, -0.2) is 0 Å². The highest BCUT2D eigenvalue weighted by atomic mass is 35.5. The second kappa shape index (κ2) is 9.67. The lowest BCUT2D eigenvalue weighted by Gasteiger charge is -2.34. The molecule has 1 heterocycles. The second-order valence-electron chi connectivity index (χ2n) is 7.13. The van der Waals surface area contributed by atoms with E-state index < -0.39 is 0 Å². The Hall–Kier alpha value is -1.99. The molecular formula is C21H25Cl2N3O3. The van der Waals surface area contributed by atoms with Crippen LogP contribution < -0.4 is 5.32 Å². The number of amides is 1. The number of hydrogen-bond acceptors (Lipinski definition) is 5. The van der Waals surface area contributed by atoms with Crippen LogP contribution in [0.3, 0.4) is 0 Å².